The highest BCUT2D eigenvalue weighted by molar-refractivity contribution is 5.88. The lowest BCUT2D eigenvalue weighted by Gasteiger charge is -2.00. The van der Waals surface area contributed by atoms with Crippen LogP contribution in [-0.2, 0) is 0 Å². The number of carboxylic acid groups (broad SMARTS) is 1. The summed E-state index contributed by atoms with van der Waals surface area (Å²) < 4.78 is 0. The van der Waals surface area contributed by atoms with Crippen LogP contribution in [0, 0.1) is 6.42 Å². The summed E-state index contributed by atoms with van der Waals surface area (Å²) in [7, 11) is 0. The zero-order valence-corrected chi connectivity index (χ0v) is 7.47. The molecule has 0 saturated carbocycles. The van der Waals surface area contributed by atoms with Crippen LogP contribution in [0.2, 0.25) is 0 Å². The third kappa shape index (κ3) is 1.59. The second kappa shape index (κ2) is 3.50. The van der Waals surface area contributed by atoms with E-state index >= 15 is 0 Å². The summed E-state index contributed by atoms with van der Waals surface area (Å²) in [6.45, 7) is 0. The molecule has 1 aromatic rings. The fraction of sp³-hybridized carbons (Fsp3) is 0. The Morgan fingerprint density at radius 1 is 1.14 bits per heavy atom. The topological polar surface area (TPSA) is 37.3 Å². The van der Waals surface area contributed by atoms with Gasteiger partial charge in [-0.05, 0) is 23.3 Å². The van der Waals surface area contributed by atoms with E-state index < -0.39 is 5.97 Å². The van der Waals surface area contributed by atoms with Crippen molar-refractivity contribution in [2.45, 2.75) is 0 Å². The van der Waals surface area contributed by atoms with Crippen LogP contribution >= 0.6 is 0 Å². The maximum absolute atomic E-state index is 10.6. The summed E-state index contributed by atoms with van der Waals surface area (Å²) >= 11 is 0. The Kier molecular flexibility index (Phi) is 2.19. The summed E-state index contributed by atoms with van der Waals surface area (Å²) in [5, 5.41) is 8.71. The van der Waals surface area contributed by atoms with Gasteiger partial charge in [-0.1, -0.05) is 30.4 Å². The van der Waals surface area contributed by atoms with Gasteiger partial charge in [-0.15, -0.1) is 0 Å². The van der Waals surface area contributed by atoms with Gasteiger partial charge in [0.25, 0.3) is 0 Å². The second-order valence-corrected chi connectivity index (χ2v) is 3.06. The maximum Gasteiger partial charge on any atom is 0.335 e. The van der Waals surface area contributed by atoms with Crippen LogP contribution in [0.1, 0.15) is 15.9 Å². The third-order valence-corrected chi connectivity index (χ3v) is 2.13. The van der Waals surface area contributed by atoms with Crippen molar-refractivity contribution in [3.8, 4) is 0 Å². The van der Waals surface area contributed by atoms with E-state index in [0.717, 1.165) is 11.1 Å². The molecule has 69 valence electrons. The van der Waals surface area contributed by atoms with Crippen molar-refractivity contribution in [3.63, 3.8) is 0 Å². The van der Waals surface area contributed by atoms with Crippen LogP contribution in [0.25, 0.3) is 5.57 Å². The number of hydrogen-bond donors (Lipinski definition) is 1. The summed E-state index contributed by atoms with van der Waals surface area (Å²) in [6.07, 6.45) is 7.91. The minimum absolute atomic E-state index is 0.320. The van der Waals surface area contributed by atoms with Gasteiger partial charge in [0.05, 0.1) is 5.56 Å². The molecule has 2 nitrogen and oxygen atoms in total. The van der Waals surface area contributed by atoms with Gasteiger partial charge in [0.15, 0.2) is 0 Å². The van der Waals surface area contributed by atoms with E-state index in [1.54, 1.807) is 12.1 Å². The Labute approximate surface area is 82.2 Å². The van der Waals surface area contributed by atoms with Crippen LogP contribution < -0.4 is 0 Å². The largest absolute Gasteiger partial charge is 0.478 e. The predicted octanol–water partition coefficient (Wildman–Crippen LogP) is 2.54. The second-order valence-electron chi connectivity index (χ2n) is 3.06. The first-order valence-corrected chi connectivity index (χ1v) is 4.33. The van der Waals surface area contributed by atoms with Gasteiger partial charge < -0.3 is 5.11 Å². The fourth-order valence-electron chi connectivity index (χ4n) is 1.37. The number of carboxylic acids is 1. The van der Waals surface area contributed by atoms with Crippen molar-refractivity contribution in [2.75, 3.05) is 0 Å². The minimum atomic E-state index is -0.890. The van der Waals surface area contributed by atoms with E-state index in [-0.39, 0.29) is 0 Å². The SMILES string of the molecule is O=C(O)c1ccc(C2=C[CH]C=C2)cc1. The molecule has 0 heterocycles. The van der Waals surface area contributed by atoms with Crippen molar-refractivity contribution >= 4 is 11.5 Å². The van der Waals surface area contributed by atoms with Crippen molar-refractivity contribution in [1.29, 1.82) is 0 Å². The number of benzene rings is 1. The summed E-state index contributed by atoms with van der Waals surface area (Å²) in [5.41, 5.74) is 2.47. The molecule has 0 spiro atoms. The van der Waals surface area contributed by atoms with E-state index in [1.165, 1.54) is 0 Å². The molecular formula is C12H9O2. The third-order valence-electron chi connectivity index (χ3n) is 2.13. The average molecular weight is 185 g/mol. The van der Waals surface area contributed by atoms with Crippen LogP contribution in [0.5, 0.6) is 0 Å². The van der Waals surface area contributed by atoms with Crippen molar-refractivity contribution in [2.24, 2.45) is 0 Å². The number of hydrogen-bond acceptors (Lipinski definition) is 1. The predicted molar refractivity (Wildman–Crippen MR) is 54.8 cm³/mol. The molecule has 0 saturated heterocycles. The highest BCUT2D eigenvalue weighted by Gasteiger charge is 2.04. The maximum atomic E-state index is 10.6. The fourth-order valence-corrected chi connectivity index (χ4v) is 1.37. The summed E-state index contributed by atoms with van der Waals surface area (Å²) in [6, 6.07) is 6.87. The molecule has 0 bridgehead atoms. The number of allylic oxidation sites excluding steroid dienone is 4. The Hall–Kier alpha value is -1.83. The molecule has 0 aliphatic heterocycles. The number of aromatic carboxylic acids is 1. The zero-order chi connectivity index (χ0) is 9.97. The Bertz CT molecular complexity index is 410. The molecule has 0 aromatic heterocycles. The van der Waals surface area contributed by atoms with Gasteiger partial charge in [0, 0.05) is 6.42 Å². The molecule has 0 unspecified atom stereocenters. The molecule has 0 fully saturated rings. The smallest absolute Gasteiger partial charge is 0.335 e. The highest BCUT2D eigenvalue weighted by atomic mass is 16.4. The standard InChI is InChI=1S/C12H9O2/c13-12(14)11-7-5-10(6-8-11)9-3-1-2-4-9/h1-8H,(H,13,14). The molecule has 2 heteroatoms. The van der Waals surface area contributed by atoms with Gasteiger partial charge in [-0.25, -0.2) is 4.79 Å². The molecule has 1 radical (unpaired) electrons. The van der Waals surface area contributed by atoms with Gasteiger partial charge in [-0.3, -0.25) is 0 Å². The van der Waals surface area contributed by atoms with Crippen molar-refractivity contribution in [1.82, 2.24) is 0 Å². The van der Waals surface area contributed by atoms with Crippen LogP contribution in [-0.4, -0.2) is 11.1 Å². The van der Waals surface area contributed by atoms with Gasteiger partial charge in [0.2, 0.25) is 0 Å². The van der Waals surface area contributed by atoms with E-state index in [9.17, 15) is 4.79 Å². The first-order valence-electron chi connectivity index (χ1n) is 4.33. The van der Waals surface area contributed by atoms with E-state index in [0.29, 0.717) is 5.56 Å². The van der Waals surface area contributed by atoms with Crippen molar-refractivity contribution < 1.29 is 9.90 Å². The average Bonchev–Trinajstić information content (AvgIpc) is 2.71. The molecule has 1 aromatic carbocycles. The summed E-state index contributed by atoms with van der Waals surface area (Å²) in [5.74, 6) is -0.890. The van der Waals surface area contributed by atoms with Gasteiger partial charge in [-0.2, -0.15) is 0 Å². The number of carbonyl (C=O) groups is 1. The van der Waals surface area contributed by atoms with E-state index in [1.807, 2.05) is 36.8 Å². The Morgan fingerprint density at radius 3 is 2.36 bits per heavy atom. The first kappa shape index (κ1) is 8.75. The van der Waals surface area contributed by atoms with Gasteiger partial charge in [0.1, 0.15) is 0 Å². The molecule has 2 rings (SSSR count). The first-order chi connectivity index (χ1) is 6.77. The molecule has 1 aliphatic carbocycles. The normalized spacial score (nSPS) is 14.1. The van der Waals surface area contributed by atoms with Crippen LogP contribution in [0.3, 0.4) is 0 Å². The Morgan fingerprint density at radius 2 is 1.86 bits per heavy atom. The summed E-state index contributed by atoms with van der Waals surface area (Å²) in [4.78, 5) is 10.6. The van der Waals surface area contributed by atoms with Crippen LogP contribution in [0.15, 0.2) is 42.5 Å². The lowest BCUT2D eigenvalue weighted by atomic mass is 10.1. The number of rotatable bonds is 2. The monoisotopic (exact) mass is 185 g/mol. The van der Waals surface area contributed by atoms with E-state index in [4.69, 9.17) is 5.11 Å². The molecule has 0 amide bonds. The Balaban J connectivity index is 2.30. The molecule has 1 N–H and O–H groups in total. The minimum Gasteiger partial charge on any atom is -0.478 e. The van der Waals surface area contributed by atoms with E-state index in [2.05, 4.69) is 0 Å². The highest BCUT2D eigenvalue weighted by Crippen LogP contribution is 2.21. The molecular weight excluding hydrogens is 176 g/mol. The molecule has 1 aliphatic rings. The zero-order valence-electron chi connectivity index (χ0n) is 7.47. The van der Waals surface area contributed by atoms with Crippen molar-refractivity contribution in [3.05, 3.63) is 60.0 Å². The molecule has 0 atom stereocenters. The molecule has 14 heavy (non-hydrogen) atoms. The lowest BCUT2D eigenvalue weighted by Crippen LogP contribution is -1.95. The van der Waals surface area contributed by atoms with Crippen LogP contribution in [0.4, 0.5) is 0 Å². The van der Waals surface area contributed by atoms with Gasteiger partial charge >= 0.3 is 5.97 Å². The lowest BCUT2D eigenvalue weighted by molar-refractivity contribution is 0.0697. The quantitative estimate of drug-likeness (QED) is 0.768.